The molecule has 1 aromatic rings. The Kier molecular flexibility index (Phi) is 4.59. The summed E-state index contributed by atoms with van der Waals surface area (Å²) in [6, 6.07) is 0. The van der Waals surface area contributed by atoms with E-state index in [1.54, 1.807) is 7.05 Å². The number of nitrogens with one attached hydrogen (secondary N) is 1. The van der Waals surface area contributed by atoms with Crippen LogP contribution in [-0.4, -0.2) is 45.4 Å². The van der Waals surface area contributed by atoms with E-state index in [4.69, 9.17) is 0 Å². The quantitative estimate of drug-likeness (QED) is 0.815. The summed E-state index contributed by atoms with van der Waals surface area (Å²) in [5.74, 6) is 1.05. The molecule has 0 bridgehead atoms. The van der Waals surface area contributed by atoms with E-state index < -0.39 is 5.69 Å². The summed E-state index contributed by atoms with van der Waals surface area (Å²) in [5, 5.41) is 7.00. The molecule has 0 radical (unpaired) electrons. The lowest BCUT2D eigenvalue weighted by Gasteiger charge is -2.30. The highest BCUT2D eigenvalue weighted by Crippen LogP contribution is 2.15. The van der Waals surface area contributed by atoms with Crippen LogP contribution in [0.25, 0.3) is 0 Å². The highest BCUT2D eigenvalue weighted by molar-refractivity contribution is 5.29. The Morgan fingerprint density at radius 3 is 2.55 bits per heavy atom. The molecule has 1 aromatic heterocycles. The van der Waals surface area contributed by atoms with E-state index in [1.165, 1.54) is 24.6 Å². The highest BCUT2D eigenvalue weighted by Gasteiger charge is 2.15. The van der Waals surface area contributed by atoms with E-state index in [0.29, 0.717) is 6.54 Å². The maximum atomic E-state index is 11.9. The third-order valence-corrected chi connectivity index (χ3v) is 3.92. The Bertz CT molecular complexity index is 569. The van der Waals surface area contributed by atoms with Crippen LogP contribution in [0.1, 0.15) is 19.8 Å². The fraction of sp³-hybridized carbons (Fsp3) is 0.769. The smallest absolute Gasteiger partial charge is 0.346 e. The molecule has 1 N–H and O–H groups in total. The molecule has 1 saturated heterocycles. The van der Waals surface area contributed by atoms with Crippen molar-refractivity contribution in [1.82, 2.24) is 19.2 Å². The summed E-state index contributed by atoms with van der Waals surface area (Å²) in [4.78, 5) is 25.8. The fourth-order valence-electron chi connectivity index (χ4n) is 2.43. The van der Waals surface area contributed by atoms with Crippen LogP contribution in [0.4, 0.5) is 5.82 Å². The average molecular weight is 281 g/mol. The summed E-state index contributed by atoms with van der Waals surface area (Å²) >= 11 is 0. The van der Waals surface area contributed by atoms with Gasteiger partial charge in [-0.05, 0) is 31.8 Å². The van der Waals surface area contributed by atoms with Crippen LogP contribution >= 0.6 is 0 Å². The van der Waals surface area contributed by atoms with Crippen molar-refractivity contribution in [2.24, 2.45) is 20.0 Å². The van der Waals surface area contributed by atoms with Gasteiger partial charge in [-0.2, -0.15) is 0 Å². The number of likely N-dealkylation sites (tertiary alicyclic amines) is 1. The maximum absolute atomic E-state index is 11.9. The predicted molar refractivity (Wildman–Crippen MR) is 78.0 cm³/mol. The summed E-state index contributed by atoms with van der Waals surface area (Å²) in [7, 11) is 3.00. The summed E-state index contributed by atoms with van der Waals surface area (Å²) in [5.41, 5.74) is -0.786. The van der Waals surface area contributed by atoms with E-state index in [2.05, 4.69) is 22.2 Å². The Hall–Kier alpha value is -1.63. The second-order valence-electron chi connectivity index (χ2n) is 5.57. The standard InChI is InChI=1S/C13H23N5O2/c1-10-4-7-18(8-5-10)9-6-14-11-12(19)16(2)13(20)17(3)15-11/h10H,4-9H2,1-3H3,(H,14,15). The molecular formula is C13H23N5O2. The third-order valence-electron chi connectivity index (χ3n) is 3.92. The van der Waals surface area contributed by atoms with Crippen molar-refractivity contribution in [3.8, 4) is 0 Å². The number of hydrogen-bond acceptors (Lipinski definition) is 5. The summed E-state index contributed by atoms with van der Waals surface area (Å²) in [6.07, 6.45) is 2.47. The van der Waals surface area contributed by atoms with Crippen LogP contribution < -0.4 is 16.6 Å². The molecule has 20 heavy (non-hydrogen) atoms. The SMILES string of the molecule is CC1CCN(CCNc2nn(C)c(=O)n(C)c2=O)CC1. The lowest BCUT2D eigenvalue weighted by atomic mass is 9.99. The molecule has 0 unspecified atom stereocenters. The van der Waals surface area contributed by atoms with Gasteiger partial charge in [0, 0.05) is 27.2 Å². The van der Waals surface area contributed by atoms with Crippen molar-refractivity contribution < 1.29 is 0 Å². The Morgan fingerprint density at radius 2 is 1.90 bits per heavy atom. The van der Waals surface area contributed by atoms with Gasteiger partial charge in [-0.15, -0.1) is 5.10 Å². The number of anilines is 1. The fourth-order valence-corrected chi connectivity index (χ4v) is 2.43. The van der Waals surface area contributed by atoms with E-state index in [9.17, 15) is 9.59 Å². The van der Waals surface area contributed by atoms with Crippen LogP contribution in [0.2, 0.25) is 0 Å². The van der Waals surface area contributed by atoms with Gasteiger partial charge in [0.2, 0.25) is 5.82 Å². The van der Waals surface area contributed by atoms with Gasteiger partial charge in [-0.25, -0.2) is 9.48 Å². The van der Waals surface area contributed by atoms with E-state index in [-0.39, 0.29) is 11.4 Å². The number of nitrogens with zero attached hydrogens (tertiary/aromatic N) is 4. The first-order valence-corrected chi connectivity index (χ1v) is 7.09. The second kappa shape index (κ2) is 6.21. The monoisotopic (exact) mass is 281 g/mol. The average Bonchev–Trinajstić information content (AvgIpc) is 2.44. The molecule has 112 valence electrons. The molecule has 0 amide bonds. The number of aromatic nitrogens is 3. The molecule has 0 saturated carbocycles. The Morgan fingerprint density at radius 1 is 1.25 bits per heavy atom. The zero-order chi connectivity index (χ0) is 14.7. The van der Waals surface area contributed by atoms with Gasteiger partial charge in [-0.1, -0.05) is 6.92 Å². The zero-order valence-corrected chi connectivity index (χ0v) is 12.4. The summed E-state index contributed by atoms with van der Waals surface area (Å²) < 4.78 is 2.24. The summed E-state index contributed by atoms with van der Waals surface area (Å²) in [6.45, 7) is 6.06. The largest absolute Gasteiger partial charge is 0.363 e. The molecule has 2 heterocycles. The van der Waals surface area contributed by atoms with Crippen molar-refractivity contribution in [3.63, 3.8) is 0 Å². The Labute approximate surface area is 118 Å². The van der Waals surface area contributed by atoms with Gasteiger partial charge in [0.1, 0.15) is 0 Å². The van der Waals surface area contributed by atoms with Gasteiger partial charge in [0.15, 0.2) is 0 Å². The van der Waals surface area contributed by atoms with Crippen molar-refractivity contribution in [2.45, 2.75) is 19.8 Å². The predicted octanol–water partition coefficient (Wildman–Crippen LogP) is -0.377. The molecule has 0 aliphatic carbocycles. The maximum Gasteiger partial charge on any atom is 0.346 e. The van der Waals surface area contributed by atoms with Gasteiger partial charge in [0.05, 0.1) is 0 Å². The normalized spacial score (nSPS) is 17.4. The molecule has 7 nitrogen and oxygen atoms in total. The molecule has 7 heteroatoms. The molecular weight excluding hydrogens is 258 g/mol. The third kappa shape index (κ3) is 3.27. The first kappa shape index (κ1) is 14.8. The second-order valence-corrected chi connectivity index (χ2v) is 5.57. The van der Waals surface area contributed by atoms with Crippen LogP contribution in [0.5, 0.6) is 0 Å². The van der Waals surface area contributed by atoms with Gasteiger partial charge < -0.3 is 10.2 Å². The molecule has 0 atom stereocenters. The minimum Gasteiger partial charge on any atom is -0.363 e. The van der Waals surface area contributed by atoms with Crippen molar-refractivity contribution in [3.05, 3.63) is 20.8 Å². The first-order valence-electron chi connectivity index (χ1n) is 7.09. The first-order chi connectivity index (χ1) is 9.49. The molecule has 0 aromatic carbocycles. The molecule has 1 fully saturated rings. The van der Waals surface area contributed by atoms with E-state index in [0.717, 1.165) is 30.1 Å². The van der Waals surface area contributed by atoms with Crippen molar-refractivity contribution >= 4 is 5.82 Å². The number of rotatable bonds is 4. The lowest BCUT2D eigenvalue weighted by molar-refractivity contribution is 0.199. The Balaban J connectivity index is 1.92. The minimum atomic E-state index is -0.412. The topological polar surface area (TPSA) is 72.2 Å². The van der Waals surface area contributed by atoms with Gasteiger partial charge >= 0.3 is 5.69 Å². The number of aryl methyl sites for hydroxylation is 1. The van der Waals surface area contributed by atoms with Crippen molar-refractivity contribution in [1.29, 1.82) is 0 Å². The highest BCUT2D eigenvalue weighted by atomic mass is 16.2. The zero-order valence-electron chi connectivity index (χ0n) is 12.4. The van der Waals surface area contributed by atoms with Crippen LogP contribution in [0.3, 0.4) is 0 Å². The van der Waals surface area contributed by atoms with Gasteiger partial charge in [-0.3, -0.25) is 9.36 Å². The number of hydrogen-bond donors (Lipinski definition) is 1. The van der Waals surface area contributed by atoms with E-state index >= 15 is 0 Å². The minimum absolute atomic E-state index is 0.236. The van der Waals surface area contributed by atoms with Crippen molar-refractivity contribution in [2.75, 3.05) is 31.5 Å². The van der Waals surface area contributed by atoms with E-state index in [1.807, 2.05) is 0 Å². The molecule has 0 spiro atoms. The van der Waals surface area contributed by atoms with Crippen LogP contribution in [-0.2, 0) is 14.1 Å². The molecule has 2 rings (SSSR count). The van der Waals surface area contributed by atoms with Crippen LogP contribution in [0.15, 0.2) is 9.59 Å². The lowest BCUT2D eigenvalue weighted by Crippen LogP contribution is -2.41. The number of piperidine rings is 1. The van der Waals surface area contributed by atoms with Gasteiger partial charge in [0.25, 0.3) is 5.56 Å². The molecule has 1 aliphatic heterocycles. The molecule has 1 aliphatic rings. The van der Waals surface area contributed by atoms with Crippen LogP contribution in [0, 0.1) is 5.92 Å².